The summed E-state index contributed by atoms with van der Waals surface area (Å²) >= 11 is 0. The van der Waals surface area contributed by atoms with Crippen LogP contribution in [0.15, 0.2) is 36.5 Å². The quantitative estimate of drug-likeness (QED) is 0.487. The first kappa shape index (κ1) is 7.67. The molecule has 0 atom stereocenters. The fourth-order valence-electron chi connectivity index (χ4n) is 1.30. The molecule has 0 aliphatic carbocycles. The van der Waals surface area contributed by atoms with Gasteiger partial charge >= 0.3 is 0 Å². The van der Waals surface area contributed by atoms with Crippen LogP contribution in [0.2, 0.25) is 0 Å². The Hall–Kier alpha value is -1.97. The van der Waals surface area contributed by atoms with Gasteiger partial charge in [0.05, 0.1) is 4.92 Å². The minimum atomic E-state index is -0.379. The zero-order valence-electron chi connectivity index (χ0n) is 6.73. The van der Waals surface area contributed by atoms with E-state index in [1.807, 2.05) is 6.07 Å². The highest BCUT2D eigenvalue weighted by atomic mass is 16.6. The second-order valence-corrected chi connectivity index (χ2v) is 2.67. The Kier molecular flexibility index (Phi) is 1.66. The molecule has 0 aliphatic heterocycles. The first-order valence-corrected chi connectivity index (χ1v) is 3.83. The van der Waals surface area contributed by atoms with Crippen molar-refractivity contribution in [3.63, 3.8) is 0 Å². The number of nitro groups is 1. The first-order chi connectivity index (χ1) is 6.29. The number of hydrogen-bond donors (Lipinski definition) is 0. The Morgan fingerprint density at radius 3 is 2.85 bits per heavy atom. The molecular weight excluding hydrogens is 168 g/mol. The Balaban J connectivity index is 2.83. The number of rotatable bonds is 1. The lowest BCUT2D eigenvalue weighted by atomic mass is 10.2. The number of H-pyrrole nitrogens is 1. The molecule has 2 rings (SSSR count). The molecule has 0 saturated heterocycles. The summed E-state index contributed by atoms with van der Waals surface area (Å²) in [5.41, 5.74) is 0.908. The second-order valence-electron chi connectivity index (χ2n) is 2.67. The summed E-state index contributed by atoms with van der Waals surface area (Å²) in [7, 11) is 0. The van der Waals surface area contributed by atoms with Crippen molar-refractivity contribution in [3.8, 4) is 0 Å². The maximum atomic E-state index is 10.6. The molecule has 0 unspecified atom stereocenters. The lowest BCUT2D eigenvalue weighted by Crippen LogP contribution is -2.02. The minimum absolute atomic E-state index is 0.134. The molecule has 4 heteroatoms. The highest BCUT2D eigenvalue weighted by Gasteiger charge is 2.12. The average molecular weight is 175 g/mol. The molecule has 64 valence electrons. The molecule has 2 aromatic rings. The normalized spacial score (nSPS) is 10.2. The lowest BCUT2D eigenvalue weighted by molar-refractivity contribution is -0.384. The number of fused-ring (bicyclic) bond motifs is 1. The molecule has 0 amide bonds. The van der Waals surface area contributed by atoms with Crippen LogP contribution in [0.5, 0.6) is 0 Å². The van der Waals surface area contributed by atoms with E-state index in [4.69, 9.17) is 0 Å². The van der Waals surface area contributed by atoms with Crippen LogP contribution in [0.4, 0.5) is 5.69 Å². The van der Waals surface area contributed by atoms with E-state index < -0.39 is 0 Å². The molecule has 0 bridgehead atoms. The van der Waals surface area contributed by atoms with Crippen LogP contribution in [-0.2, 0) is 0 Å². The van der Waals surface area contributed by atoms with Crippen LogP contribution in [0.25, 0.3) is 10.9 Å². The van der Waals surface area contributed by atoms with E-state index >= 15 is 0 Å². The zero-order valence-corrected chi connectivity index (χ0v) is 6.73. The zero-order chi connectivity index (χ0) is 9.26. The highest BCUT2D eigenvalue weighted by molar-refractivity contribution is 5.85. The predicted molar refractivity (Wildman–Crippen MR) is 47.2 cm³/mol. The summed E-state index contributed by atoms with van der Waals surface area (Å²) in [4.78, 5) is 13.2. The molecular formula is C9H7N2O2+. The van der Waals surface area contributed by atoms with Crippen LogP contribution in [0.1, 0.15) is 0 Å². The summed E-state index contributed by atoms with van der Waals surface area (Å²) in [6, 6.07) is 8.44. The number of hydrogen-bond acceptors (Lipinski definition) is 2. The lowest BCUT2D eigenvalue weighted by Gasteiger charge is -1.92. The standard InChI is InChI=1S/C9H6N2O2/c12-11(13)9-5-1-4-8-7(9)3-2-6-10-8/h1-6H/p+1. The van der Waals surface area contributed by atoms with Crippen LogP contribution < -0.4 is 4.98 Å². The van der Waals surface area contributed by atoms with Crippen LogP contribution >= 0.6 is 0 Å². The van der Waals surface area contributed by atoms with Crippen LogP contribution in [0, 0.1) is 10.1 Å². The maximum absolute atomic E-state index is 10.6. The fourth-order valence-corrected chi connectivity index (χ4v) is 1.30. The molecule has 0 fully saturated rings. The molecule has 13 heavy (non-hydrogen) atoms. The third kappa shape index (κ3) is 1.22. The summed E-state index contributed by atoms with van der Waals surface area (Å²) in [5.74, 6) is 0. The van der Waals surface area contributed by atoms with Crippen molar-refractivity contribution in [1.82, 2.24) is 0 Å². The van der Waals surface area contributed by atoms with Crippen LogP contribution in [-0.4, -0.2) is 4.92 Å². The van der Waals surface area contributed by atoms with Gasteiger partial charge < -0.3 is 0 Å². The molecule has 0 saturated carbocycles. The van der Waals surface area contributed by atoms with E-state index in [1.165, 1.54) is 6.07 Å². The van der Waals surface area contributed by atoms with E-state index in [-0.39, 0.29) is 10.6 Å². The topological polar surface area (TPSA) is 57.3 Å². The van der Waals surface area contributed by atoms with E-state index in [0.29, 0.717) is 5.39 Å². The van der Waals surface area contributed by atoms with Crippen molar-refractivity contribution in [3.05, 3.63) is 46.6 Å². The smallest absolute Gasteiger partial charge is 0.258 e. The Bertz CT molecular complexity index is 463. The summed E-state index contributed by atoms with van der Waals surface area (Å²) in [6.07, 6.45) is 1.74. The van der Waals surface area contributed by atoms with Crippen molar-refractivity contribution in [2.45, 2.75) is 0 Å². The van der Waals surface area contributed by atoms with Crippen molar-refractivity contribution < 1.29 is 9.91 Å². The van der Waals surface area contributed by atoms with E-state index in [1.54, 1.807) is 24.4 Å². The monoisotopic (exact) mass is 175 g/mol. The van der Waals surface area contributed by atoms with Crippen molar-refractivity contribution in [2.24, 2.45) is 0 Å². The Morgan fingerprint density at radius 2 is 2.08 bits per heavy atom. The fraction of sp³-hybridized carbons (Fsp3) is 0. The molecule has 1 heterocycles. The van der Waals surface area contributed by atoms with Gasteiger partial charge in [-0.2, -0.15) is 0 Å². The summed E-state index contributed by atoms with van der Waals surface area (Å²) in [5, 5.41) is 11.2. The van der Waals surface area contributed by atoms with Gasteiger partial charge in [0.2, 0.25) is 5.52 Å². The number of pyridine rings is 1. The van der Waals surface area contributed by atoms with Gasteiger partial charge in [0, 0.05) is 18.2 Å². The SMILES string of the molecule is O=[N+]([O-])c1cccc2[nH+]cccc12. The van der Waals surface area contributed by atoms with Gasteiger partial charge in [-0.25, -0.2) is 4.98 Å². The van der Waals surface area contributed by atoms with Crippen molar-refractivity contribution >= 4 is 16.6 Å². The van der Waals surface area contributed by atoms with Gasteiger partial charge in [-0.05, 0) is 12.1 Å². The number of nitro benzene ring substituents is 1. The molecule has 1 N–H and O–H groups in total. The molecule has 1 aromatic heterocycles. The summed E-state index contributed by atoms with van der Waals surface area (Å²) < 4.78 is 0. The van der Waals surface area contributed by atoms with E-state index in [9.17, 15) is 10.1 Å². The number of aromatic amines is 1. The number of benzene rings is 1. The van der Waals surface area contributed by atoms with Gasteiger partial charge in [-0.15, -0.1) is 0 Å². The molecule has 1 aromatic carbocycles. The number of nitrogens with zero attached hydrogens (tertiary/aromatic N) is 1. The highest BCUT2D eigenvalue weighted by Crippen LogP contribution is 2.21. The number of aromatic nitrogens is 1. The van der Waals surface area contributed by atoms with Gasteiger partial charge in [0.25, 0.3) is 5.69 Å². The number of non-ortho nitro benzene ring substituents is 1. The van der Waals surface area contributed by atoms with Crippen LogP contribution in [0.3, 0.4) is 0 Å². The third-order valence-electron chi connectivity index (χ3n) is 1.88. The average Bonchev–Trinajstić information content (AvgIpc) is 2.17. The number of nitrogens with one attached hydrogen (secondary N) is 1. The van der Waals surface area contributed by atoms with Gasteiger partial charge in [-0.1, -0.05) is 0 Å². The predicted octanol–water partition coefficient (Wildman–Crippen LogP) is 1.56. The van der Waals surface area contributed by atoms with E-state index in [0.717, 1.165) is 5.52 Å². The molecule has 4 nitrogen and oxygen atoms in total. The largest absolute Gasteiger partial charge is 0.283 e. The molecule has 0 aliphatic rings. The van der Waals surface area contributed by atoms with Crippen molar-refractivity contribution in [2.75, 3.05) is 0 Å². The molecule has 0 radical (unpaired) electrons. The first-order valence-electron chi connectivity index (χ1n) is 3.83. The Labute approximate surface area is 74.0 Å². The summed E-state index contributed by atoms with van der Waals surface area (Å²) in [6.45, 7) is 0. The van der Waals surface area contributed by atoms with Gasteiger partial charge in [0.1, 0.15) is 5.39 Å². The van der Waals surface area contributed by atoms with Gasteiger partial charge in [0.15, 0.2) is 6.20 Å². The van der Waals surface area contributed by atoms with Crippen molar-refractivity contribution in [1.29, 1.82) is 0 Å². The maximum Gasteiger partial charge on any atom is 0.283 e. The second kappa shape index (κ2) is 2.82. The molecule has 0 spiro atoms. The van der Waals surface area contributed by atoms with E-state index in [2.05, 4.69) is 4.98 Å². The Morgan fingerprint density at radius 1 is 1.23 bits per heavy atom. The third-order valence-corrected chi connectivity index (χ3v) is 1.88. The minimum Gasteiger partial charge on any atom is -0.258 e. The van der Waals surface area contributed by atoms with Gasteiger partial charge in [-0.3, -0.25) is 10.1 Å².